The largest absolute Gasteiger partial charge is 0.481 e. The Morgan fingerprint density at radius 2 is 1.94 bits per heavy atom. The van der Waals surface area contributed by atoms with Crippen molar-refractivity contribution in [3.63, 3.8) is 0 Å². The summed E-state index contributed by atoms with van der Waals surface area (Å²) in [5.74, 6) is -0.833. The first-order valence-electron chi connectivity index (χ1n) is 5.78. The van der Waals surface area contributed by atoms with Crippen LogP contribution in [0.1, 0.15) is 25.8 Å². The molecule has 18 heavy (non-hydrogen) atoms. The molecule has 0 spiro atoms. The Hall–Kier alpha value is -2.10. The summed E-state index contributed by atoms with van der Waals surface area (Å²) in [5.41, 5.74) is 2.97. The summed E-state index contributed by atoms with van der Waals surface area (Å²) >= 11 is 0. The van der Waals surface area contributed by atoms with Gasteiger partial charge in [-0.25, -0.2) is 0 Å². The second kappa shape index (κ2) is 6.00. The van der Waals surface area contributed by atoms with Gasteiger partial charge in [-0.2, -0.15) is 0 Å². The molecule has 1 heterocycles. The van der Waals surface area contributed by atoms with E-state index in [1.54, 1.807) is 0 Å². The molecule has 96 valence electrons. The Morgan fingerprint density at radius 1 is 1.39 bits per heavy atom. The third-order valence-corrected chi connectivity index (χ3v) is 2.58. The molecular weight excluding hydrogens is 228 g/mol. The Morgan fingerprint density at radius 3 is 2.50 bits per heavy atom. The van der Waals surface area contributed by atoms with Gasteiger partial charge in [-0.3, -0.25) is 4.79 Å². The van der Waals surface area contributed by atoms with Gasteiger partial charge in [-0.05, 0) is 12.5 Å². The van der Waals surface area contributed by atoms with E-state index in [0.29, 0.717) is 5.71 Å². The van der Waals surface area contributed by atoms with E-state index in [-0.39, 0.29) is 0 Å². The van der Waals surface area contributed by atoms with Crippen LogP contribution in [0.15, 0.2) is 30.5 Å². The third-order valence-electron chi connectivity index (χ3n) is 2.58. The van der Waals surface area contributed by atoms with Crippen LogP contribution in [0.4, 0.5) is 0 Å². The molecule has 0 atom stereocenters. The molecule has 0 saturated carbocycles. The molecule has 1 aromatic heterocycles. The van der Waals surface area contributed by atoms with Gasteiger partial charge in [0.25, 0.3) is 5.97 Å². The molecule has 0 amide bonds. The highest BCUT2D eigenvalue weighted by Gasteiger charge is 2.08. The summed E-state index contributed by atoms with van der Waals surface area (Å²) in [5, 5.41) is 16.5. The van der Waals surface area contributed by atoms with Gasteiger partial charge in [0.15, 0.2) is 0 Å². The predicted molar refractivity (Wildman–Crippen MR) is 73.3 cm³/mol. The standard InChI is InChI=1S/C12H14N2.C2H4O2/c1-3-11(13)10-8-14(2)12-7-5-4-6-9(10)12;1-2(3)4/h4-8,13H,3H2,1-2H3;1H3,(H,3,4). The number of hydrogen-bond donors (Lipinski definition) is 2. The molecule has 0 aliphatic carbocycles. The average molecular weight is 246 g/mol. The molecule has 0 radical (unpaired) electrons. The Balaban J connectivity index is 0.000000357. The van der Waals surface area contributed by atoms with E-state index >= 15 is 0 Å². The highest BCUT2D eigenvalue weighted by molar-refractivity contribution is 6.09. The molecule has 4 nitrogen and oxygen atoms in total. The van der Waals surface area contributed by atoms with Crippen LogP contribution in [0.25, 0.3) is 10.9 Å². The Bertz CT molecular complexity index is 566. The number of hydrogen-bond acceptors (Lipinski definition) is 2. The van der Waals surface area contributed by atoms with E-state index < -0.39 is 5.97 Å². The van der Waals surface area contributed by atoms with E-state index in [9.17, 15) is 0 Å². The highest BCUT2D eigenvalue weighted by Crippen LogP contribution is 2.21. The van der Waals surface area contributed by atoms with E-state index in [1.165, 1.54) is 10.9 Å². The molecular formula is C14H18N2O2. The van der Waals surface area contributed by atoms with Crippen molar-refractivity contribution in [3.05, 3.63) is 36.0 Å². The number of aliphatic carboxylic acids is 1. The third kappa shape index (κ3) is 3.20. The first-order valence-corrected chi connectivity index (χ1v) is 5.78. The van der Waals surface area contributed by atoms with Crippen LogP contribution >= 0.6 is 0 Å². The van der Waals surface area contributed by atoms with Crippen molar-refractivity contribution in [2.75, 3.05) is 0 Å². The molecule has 1 aromatic carbocycles. The maximum Gasteiger partial charge on any atom is 0.300 e. The summed E-state index contributed by atoms with van der Waals surface area (Å²) in [7, 11) is 2.02. The SMILES string of the molecule is CC(=O)O.CCC(=N)c1cn(C)c2ccccc12. The van der Waals surface area contributed by atoms with Crippen molar-refractivity contribution in [3.8, 4) is 0 Å². The van der Waals surface area contributed by atoms with Crippen LogP contribution in [-0.2, 0) is 11.8 Å². The van der Waals surface area contributed by atoms with Crippen molar-refractivity contribution in [1.29, 1.82) is 5.41 Å². The first-order chi connectivity index (χ1) is 8.47. The molecule has 0 bridgehead atoms. The zero-order valence-corrected chi connectivity index (χ0v) is 10.9. The zero-order chi connectivity index (χ0) is 13.7. The van der Waals surface area contributed by atoms with Crippen LogP contribution in [0.2, 0.25) is 0 Å². The van der Waals surface area contributed by atoms with Crippen LogP contribution in [0.3, 0.4) is 0 Å². The lowest BCUT2D eigenvalue weighted by Gasteiger charge is -1.96. The minimum atomic E-state index is -0.833. The number of rotatable bonds is 2. The van der Waals surface area contributed by atoms with Crippen LogP contribution < -0.4 is 0 Å². The number of carboxylic acids is 1. The molecule has 2 N–H and O–H groups in total. The predicted octanol–water partition coefficient (Wildman–Crippen LogP) is 3.05. The van der Waals surface area contributed by atoms with Gasteiger partial charge < -0.3 is 15.1 Å². The quantitative estimate of drug-likeness (QED) is 0.800. The number of nitrogens with one attached hydrogen (secondary N) is 1. The molecule has 0 aliphatic heterocycles. The van der Waals surface area contributed by atoms with Gasteiger partial charge in [0.2, 0.25) is 0 Å². The number of para-hydroxylation sites is 1. The summed E-state index contributed by atoms with van der Waals surface area (Å²) in [6.07, 6.45) is 2.82. The fourth-order valence-electron chi connectivity index (χ4n) is 1.77. The Kier molecular flexibility index (Phi) is 4.66. The van der Waals surface area contributed by atoms with Gasteiger partial charge in [0.05, 0.1) is 0 Å². The van der Waals surface area contributed by atoms with Crippen LogP contribution in [0, 0.1) is 5.41 Å². The fourth-order valence-corrected chi connectivity index (χ4v) is 1.77. The molecule has 0 unspecified atom stereocenters. The molecule has 0 saturated heterocycles. The first kappa shape index (κ1) is 14.0. The van der Waals surface area contributed by atoms with Crippen LogP contribution in [0.5, 0.6) is 0 Å². The normalized spacial score (nSPS) is 9.72. The second-order valence-corrected chi connectivity index (χ2v) is 4.02. The van der Waals surface area contributed by atoms with Crippen molar-refractivity contribution >= 4 is 22.6 Å². The number of carbonyl (C=O) groups is 1. The lowest BCUT2D eigenvalue weighted by molar-refractivity contribution is -0.134. The molecule has 0 aliphatic rings. The van der Waals surface area contributed by atoms with E-state index in [0.717, 1.165) is 18.9 Å². The monoisotopic (exact) mass is 246 g/mol. The molecule has 2 aromatic rings. The van der Waals surface area contributed by atoms with Gasteiger partial charge in [0, 0.05) is 42.3 Å². The van der Waals surface area contributed by atoms with Crippen molar-refractivity contribution < 1.29 is 9.90 Å². The maximum absolute atomic E-state index is 9.00. The van der Waals surface area contributed by atoms with Crippen molar-refractivity contribution in [1.82, 2.24) is 4.57 Å². The van der Waals surface area contributed by atoms with Gasteiger partial charge in [-0.1, -0.05) is 25.1 Å². The Labute approximate surface area is 106 Å². The molecule has 0 fully saturated rings. The minimum Gasteiger partial charge on any atom is -0.481 e. The number of carboxylic acid groups (broad SMARTS) is 1. The van der Waals surface area contributed by atoms with Crippen molar-refractivity contribution in [2.24, 2.45) is 7.05 Å². The van der Waals surface area contributed by atoms with Gasteiger partial charge in [0.1, 0.15) is 0 Å². The second-order valence-electron chi connectivity index (χ2n) is 4.02. The lowest BCUT2D eigenvalue weighted by atomic mass is 10.1. The fraction of sp³-hybridized carbons (Fsp3) is 0.286. The number of benzene rings is 1. The van der Waals surface area contributed by atoms with E-state index in [1.807, 2.05) is 32.3 Å². The van der Waals surface area contributed by atoms with Crippen LogP contribution in [-0.4, -0.2) is 21.4 Å². The molecule has 2 rings (SSSR count). The summed E-state index contributed by atoms with van der Waals surface area (Å²) in [4.78, 5) is 9.00. The average Bonchev–Trinajstić information content (AvgIpc) is 2.66. The number of aromatic nitrogens is 1. The summed E-state index contributed by atoms with van der Waals surface area (Å²) < 4.78 is 2.08. The van der Waals surface area contributed by atoms with E-state index in [4.69, 9.17) is 15.3 Å². The summed E-state index contributed by atoms with van der Waals surface area (Å²) in [6, 6.07) is 8.22. The van der Waals surface area contributed by atoms with E-state index in [2.05, 4.69) is 16.7 Å². The lowest BCUT2D eigenvalue weighted by Crippen LogP contribution is -1.94. The highest BCUT2D eigenvalue weighted by atomic mass is 16.4. The topological polar surface area (TPSA) is 66.1 Å². The maximum atomic E-state index is 9.00. The van der Waals surface area contributed by atoms with Gasteiger partial charge >= 0.3 is 0 Å². The zero-order valence-electron chi connectivity index (χ0n) is 10.9. The smallest absolute Gasteiger partial charge is 0.300 e. The number of nitrogens with zero attached hydrogens (tertiary/aromatic N) is 1. The minimum absolute atomic E-state index is 0.710. The summed E-state index contributed by atoms with van der Waals surface area (Å²) in [6.45, 7) is 3.10. The molecule has 4 heteroatoms. The number of aryl methyl sites for hydroxylation is 1. The number of fused-ring (bicyclic) bond motifs is 1. The van der Waals surface area contributed by atoms with Gasteiger partial charge in [-0.15, -0.1) is 0 Å². The van der Waals surface area contributed by atoms with Crippen molar-refractivity contribution in [2.45, 2.75) is 20.3 Å².